The fourth-order valence-corrected chi connectivity index (χ4v) is 3.84. The molecule has 4 rings (SSSR count). The molecule has 138 valence electrons. The summed E-state index contributed by atoms with van der Waals surface area (Å²) in [5.74, 6) is 0.518. The van der Waals surface area contributed by atoms with Gasteiger partial charge in [-0.3, -0.25) is 9.78 Å². The average Bonchev–Trinajstić information content (AvgIpc) is 2.74. The van der Waals surface area contributed by atoms with Crippen molar-refractivity contribution in [3.8, 4) is 0 Å². The number of rotatable bonds is 5. The molecule has 2 aromatic carbocycles. The predicted molar refractivity (Wildman–Crippen MR) is 115 cm³/mol. The number of hydrogen-bond donors (Lipinski definition) is 1. The largest absolute Gasteiger partial charge is 0.322 e. The molecule has 0 saturated heterocycles. The van der Waals surface area contributed by atoms with Gasteiger partial charge in [0.05, 0.1) is 11.1 Å². The van der Waals surface area contributed by atoms with Gasteiger partial charge >= 0.3 is 0 Å². The first kappa shape index (κ1) is 18.5. The second kappa shape index (κ2) is 8.42. The summed E-state index contributed by atoms with van der Waals surface area (Å²) in [5, 5.41) is 5.31. The first-order valence-corrected chi connectivity index (χ1v) is 10.0. The van der Waals surface area contributed by atoms with Crippen LogP contribution in [0.25, 0.3) is 10.9 Å². The Labute approximate surface area is 172 Å². The van der Waals surface area contributed by atoms with Gasteiger partial charge in [0.1, 0.15) is 5.03 Å². The lowest BCUT2D eigenvalue weighted by Crippen LogP contribution is -2.13. The fraction of sp³-hybridized carbons (Fsp3) is 0.0455. The summed E-state index contributed by atoms with van der Waals surface area (Å²) in [6, 6.07) is 20.7. The smallest absolute Gasteiger partial charge is 0.258 e. The number of hydrogen-bond acceptors (Lipinski definition) is 4. The molecule has 0 aliphatic carbocycles. The summed E-state index contributed by atoms with van der Waals surface area (Å²) in [5.41, 5.74) is 3.36. The quantitative estimate of drug-likeness (QED) is 0.424. The predicted octanol–water partition coefficient (Wildman–Crippen LogP) is 5.83. The monoisotopic (exact) mass is 405 g/mol. The van der Waals surface area contributed by atoms with Crippen molar-refractivity contribution in [2.24, 2.45) is 0 Å². The number of fused-ring (bicyclic) bond motifs is 1. The Morgan fingerprint density at radius 2 is 1.75 bits per heavy atom. The molecule has 6 heteroatoms. The highest BCUT2D eigenvalue weighted by Crippen LogP contribution is 2.26. The molecule has 4 aromatic rings. The summed E-state index contributed by atoms with van der Waals surface area (Å²) >= 11 is 7.43. The summed E-state index contributed by atoms with van der Waals surface area (Å²) in [6.07, 6.45) is 3.49. The lowest BCUT2D eigenvalue weighted by atomic mass is 10.1. The van der Waals surface area contributed by atoms with Gasteiger partial charge in [0.15, 0.2) is 0 Å². The zero-order chi connectivity index (χ0) is 19.3. The number of nitrogens with zero attached hydrogens (tertiary/aromatic N) is 2. The Kier molecular flexibility index (Phi) is 5.55. The van der Waals surface area contributed by atoms with Crippen molar-refractivity contribution in [3.05, 3.63) is 95.3 Å². The fourth-order valence-electron chi connectivity index (χ4n) is 2.78. The SMILES string of the molecule is O=C(Nc1ccc(Cl)cc1)c1cccnc1SCc1ccc2ncccc2c1. The van der Waals surface area contributed by atoms with Crippen LogP contribution in [-0.2, 0) is 5.75 Å². The molecule has 1 N–H and O–H groups in total. The molecule has 28 heavy (non-hydrogen) atoms. The number of aromatic nitrogens is 2. The van der Waals surface area contributed by atoms with Crippen molar-refractivity contribution in [1.29, 1.82) is 0 Å². The number of pyridine rings is 2. The minimum Gasteiger partial charge on any atom is -0.322 e. The Hall–Kier alpha value is -2.89. The van der Waals surface area contributed by atoms with Crippen LogP contribution < -0.4 is 5.32 Å². The van der Waals surface area contributed by atoms with E-state index in [2.05, 4.69) is 27.4 Å². The Morgan fingerprint density at radius 3 is 2.61 bits per heavy atom. The van der Waals surface area contributed by atoms with E-state index < -0.39 is 0 Å². The second-order valence-corrected chi connectivity index (χ2v) is 7.54. The van der Waals surface area contributed by atoms with Crippen molar-refractivity contribution >= 4 is 45.9 Å². The standard InChI is InChI=1S/C22H16ClN3OS/c23-17-6-8-18(9-7-17)26-21(27)19-4-2-12-25-22(19)28-14-15-5-10-20-16(13-15)3-1-11-24-20/h1-13H,14H2,(H,26,27). The van der Waals surface area contributed by atoms with Gasteiger partial charge in [0.25, 0.3) is 5.91 Å². The van der Waals surface area contributed by atoms with E-state index in [4.69, 9.17) is 11.6 Å². The first-order valence-electron chi connectivity index (χ1n) is 8.67. The maximum Gasteiger partial charge on any atom is 0.258 e. The van der Waals surface area contributed by atoms with Gasteiger partial charge < -0.3 is 5.32 Å². The molecule has 0 unspecified atom stereocenters. The lowest BCUT2D eigenvalue weighted by Gasteiger charge is -2.09. The van der Waals surface area contributed by atoms with Gasteiger partial charge in [-0.1, -0.05) is 23.7 Å². The van der Waals surface area contributed by atoms with Gasteiger partial charge in [0.2, 0.25) is 0 Å². The number of nitrogens with one attached hydrogen (secondary N) is 1. The molecule has 0 bridgehead atoms. The zero-order valence-corrected chi connectivity index (χ0v) is 16.4. The molecule has 2 aromatic heterocycles. The van der Waals surface area contributed by atoms with Crippen LogP contribution in [0.2, 0.25) is 5.02 Å². The van der Waals surface area contributed by atoms with Crippen molar-refractivity contribution in [2.45, 2.75) is 10.8 Å². The summed E-state index contributed by atoms with van der Waals surface area (Å²) in [7, 11) is 0. The van der Waals surface area contributed by atoms with Crippen molar-refractivity contribution < 1.29 is 4.79 Å². The number of thioether (sulfide) groups is 1. The Bertz CT molecular complexity index is 1130. The number of halogens is 1. The van der Waals surface area contributed by atoms with Crippen molar-refractivity contribution in [3.63, 3.8) is 0 Å². The molecule has 1 amide bonds. The summed E-state index contributed by atoms with van der Waals surface area (Å²) in [6.45, 7) is 0. The maximum absolute atomic E-state index is 12.7. The van der Waals surface area contributed by atoms with E-state index in [1.54, 1.807) is 48.8 Å². The van der Waals surface area contributed by atoms with Crippen LogP contribution in [0.15, 0.2) is 84.1 Å². The minimum absolute atomic E-state index is 0.194. The molecule has 0 aliphatic heterocycles. The molecule has 2 heterocycles. The summed E-state index contributed by atoms with van der Waals surface area (Å²) in [4.78, 5) is 21.4. The molecular formula is C22H16ClN3OS. The molecule has 0 spiro atoms. The highest BCUT2D eigenvalue weighted by atomic mass is 35.5. The second-order valence-electron chi connectivity index (χ2n) is 6.14. The molecule has 0 aliphatic rings. The van der Waals surface area contributed by atoms with Gasteiger partial charge in [-0.25, -0.2) is 4.98 Å². The average molecular weight is 406 g/mol. The lowest BCUT2D eigenvalue weighted by molar-refractivity contribution is 0.102. The first-order chi connectivity index (χ1) is 13.7. The van der Waals surface area contributed by atoms with Crippen LogP contribution in [0.5, 0.6) is 0 Å². The number of anilines is 1. The molecule has 0 fully saturated rings. The van der Waals surface area contributed by atoms with Crippen LogP contribution in [0.1, 0.15) is 15.9 Å². The maximum atomic E-state index is 12.7. The summed E-state index contributed by atoms with van der Waals surface area (Å²) < 4.78 is 0. The molecule has 0 radical (unpaired) electrons. The number of carbonyl (C=O) groups is 1. The normalized spacial score (nSPS) is 10.8. The van der Waals surface area contributed by atoms with Crippen molar-refractivity contribution in [2.75, 3.05) is 5.32 Å². The number of amides is 1. The number of carbonyl (C=O) groups excluding carboxylic acids is 1. The molecule has 0 atom stereocenters. The van der Waals surface area contributed by atoms with Crippen LogP contribution >= 0.6 is 23.4 Å². The van der Waals surface area contributed by atoms with Gasteiger partial charge in [0, 0.05) is 34.2 Å². The van der Waals surface area contributed by atoms with E-state index >= 15 is 0 Å². The van der Waals surface area contributed by atoms with Gasteiger partial charge in [-0.05, 0) is 60.2 Å². The van der Waals surface area contributed by atoms with Crippen LogP contribution in [0.3, 0.4) is 0 Å². The van der Waals surface area contributed by atoms with Crippen LogP contribution in [0, 0.1) is 0 Å². The van der Waals surface area contributed by atoms with Crippen molar-refractivity contribution in [1.82, 2.24) is 9.97 Å². The van der Waals surface area contributed by atoms with E-state index in [9.17, 15) is 4.79 Å². The topological polar surface area (TPSA) is 54.9 Å². The minimum atomic E-state index is -0.194. The third-order valence-electron chi connectivity index (χ3n) is 4.16. The van der Waals surface area contributed by atoms with Crippen LogP contribution in [0.4, 0.5) is 5.69 Å². The van der Waals surface area contributed by atoms with Crippen LogP contribution in [-0.4, -0.2) is 15.9 Å². The number of benzene rings is 2. The Balaban J connectivity index is 1.50. The third-order valence-corrected chi connectivity index (χ3v) is 5.49. The van der Waals surface area contributed by atoms with Gasteiger partial charge in [-0.15, -0.1) is 11.8 Å². The highest BCUT2D eigenvalue weighted by Gasteiger charge is 2.13. The zero-order valence-electron chi connectivity index (χ0n) is 14.8. The van der Waals surface area contributed by atoms with Gasteiger partial charge in [-0.2, -0.15) is 0 Å². The molecule has 0 saturated carbocycles. The highest BCUT2D eigenvalue weighted by molar-refractivity contribution is 7.98. The molecular weight excluding hydrogens is 390 g/mol. The van der Waals surface area contributed by atoms with E-state index in [0.717, 1.165) is 16.5 Å². The molecule has 4 nitrogen and oxygen atoms in total. The van der Waals surface area contributed by atoms with E-state index in [1.165, 1.54) is 11.8 Å². The van der Waals surface area contributed by atoms with E-state index in [-0.39, 0.29) is 5.91 Å². The third kappa shape index (κ3) is 4.32. The Morgan fingerprint density at radius 1 is 0.964 bits per heavy atom. The van der Waals surface area contributed by atoms with E-state index in [1.807, 2.05) is 18.2 Å². The van der Waals surface area contributed by atoms with E-state index in [0.29, 0.717) is 27.1 Å².